The average molecular weight is 342 g/mol. The van der Waals surface area contributed by atoms with Gasteiger partial charge in [-0.05, 0) is 24.5 Å². The van der Waals surface area contributed by atoms with Crippen molar-refractivity contribution in [3.63, 3.8) is 0 Å². The minimum Gasteiger partial charge on any atom is -0.351 e. The maximum absolute atomic E-state index is 12.7. The van der Waals surface area contributed by atoms with E-state index >= 15 is 0 Å². The maximum Gasteiger partial charge on any atom is 0.234 e. The third-order valence-corrected chi connectivity index (χ3v) is 6.10. The Bertz CT molecular complexity index is 745. The molecule has 1 aromatic carbocycles. The molecule has 0 unspecified atom stereocenters. The molecule has 0 radical (unpaired) electrons. The molecule has 2 aromatic rings. The first-order chi connectivity index (χ1) is 11.6. The highest BCUT2D eigenvalue weighted by atomic mass is 32.2. The fourth-order valence-corrected chi connectivity index (χ4v) is 4.72. The molecule has 6 heteroatoms. The number of fused-ring (bicyclic) bond motifs is 2. The van der Waals surface area contributed by atoms with E-state index in [0.717, 1.165) is 37.5 Å². The molecule has 3 heterocycles. The average Bonchev–Trinajstić information content (AvgIpc) is 3.18. The summed E-state index contributed by atoms with van der Waals surface area (Å²) in [6, 6.07) is 8.47. The number of hydrogen-bond acceptors (Lipinski definition) is 4. The van der Waals surface area contributed by atoms with Gasteiger partial charge in [0.25, 0.3) is 0 Å². The van der Waals surface area contributed by atoms with Crippen LogP contribution in [0.3, 0.4) is 0 Å². The third-order valence-electron chi connectivity index (χ3n) is 4.78. The highest BCUT2D eigenvalue weighted by molar-refractivity contribution is 8.01. The van der Waals surface area contributed by atoms with Crippen LogP contribution in [0.15, 0.2) is 29.2 Å². The molecule has 4 rings (SSSR count). The molecule has 0 bridgehead atoms. The number of hydrogen-bond donors (Lipinski definition) is 1. The van der Waals surface area contributed by atoms with E-state index in [1.807, 2.05) is 12.1 Å². The molecule has 0 spiro atoms. The Morgan fingerprint density at radius 3 is 2.96 bits per heavy atom. The van der Waals surface area contributed by atoms with E-state index < -0.39 is 0 Å². The molecule has 2 aliphatic heterocycles. The molecule has 1 N–H and O–H groups in total. The van der Waals surface area contributed by atoms with Gasteiger partial charge in [-0.15, -0.1) is 22.0 Å². The minimum atomic E-state index is -0.00530. The number of rotatable bonds is 3. The Labute approximate surface area is 146 Å². The van der Waals surface area contributed by atoms with Gasteiger partial charge in [-0.1, -0.05) is 32.0 Å². The van der Waals surface area contributed by atoms with Gasteiger partial charge >= 0.3 is 0 Å². The number of thioether (sulfide) groups is 1. The quantitative estimate of drug-likeness (QED) is 0.931. The van der Waals surface area contributed by atoms with Crippen molar-refractivity contribution < 1.29 is 4.79 Å². The number of nitrogens with zero attached hydrogens (tertiary/aromatic N) is 3. The second-order valence-corrected chi connectivity index (χ2v) is 8.15. The molecule has 0 saturated carbocycles. The molecule has 1 aromatic heterocycles. The van der Waals surface area contributed by atoms with Crippen LogP contribution in [0.5, 0.6) is 0 Å². The van der Waals surface area contributed by atoms with Crippen molar-refractivity contribution in [2.75, 3.05) is 0 Å². The highest BCUT2D eigenvalue weighted by Crippen LogP contribution is 2.36. The van der Waals surface area contributed by atoms with Gasteiger partial charge in [0.15, 0.2) is 0 Å². The molecule has 0 fully saturated rings. The third kappa shape index (κ3) is 2.83. The predicted octanol–water partition coefficient (Wildman–Crippen LogP) is 2.55. The number of benzene rings is 1. The van der Waals surface area contributed by atoms with Crippen LogP contribution in [-0.4, -0.2) is 32.0 Å². The molecular weight excluding hydrogens is 320 g/mol. The van der Waals surface area contributed by atoms with Crippen molar-refractivity contribution in [2.45, 2.75) is 61.8 Å². The summed E-state index contributed by atoms with van der Waals surface area (Å²) in [6.45, 7) is 5.05. The summed E-state index contributed by atoms with van der Waals surface area (Å²) in [6.07, 6.45) is 2.64. The zero-order valence-corrected chi connectivity index (χ0v) is 14.8. The molecule has 24 heavy (non-hydrogen) atoms. The first-order valence-electron chi connectivity index (χ1n) is 8.58. The Hall–Kier alpha value is -1.82. The standard InChI is InChI=1S/C18H22N4OS/c1-11(2)17-21-20-16-8-7-13(10-22(16)17)19-18(23)15-9-12-5-3-4-6-14(12)24-15/h3-6,11,13,15H,7-10H2,1-2H3,(H,19,23)/t13-,15-/m0/s1. The predicted molar refractivity (Wildman–Crippen MR) is 94.2 cm³/mol. The van der Waals surface area contributed by atoms with Crippen molar-refractivity contribution in [3.8, 4) is 0 Å². The Morgan fingerprint density at radius 2 is 2.17 bits per heavy atom. The summed E-state index contributed by atoms with van der Waals surface area (Å²) in [5.74, 6) is 2.57. The number of carbonyl (C=O) groups excluding carboxylic acids is 1. The van der Waals surface area contributed by atoms with Gasteiger partial charge in [-0.3, -0.25) is 4.79 Å². The van der Waals surface area contributed by atoms with E-state index in [0.29, 0.717) is 5.92 Å². The minimum absolute atomic E-state index is 0.00530. The van der Waals surface area contributed by atoms with Gasteiger partial charge in [-0.2, -0.15) is 0 Å². The molecular formula is C18H22N4OS. The molecule has 126 valence electrons. The second kappa shape index (κ2) is 6.24. The monoisotopic (exact) mass is 342 g/mol. The number of nitrogens with one attached hydrogen (secondary N) is 1. The summed E-state index contributed by atoms with van der Waals surface area (Å²) in [7, 11) is 0. The van der Waals surface area contributed by atoms with Crippen LogP contribution < -0.4 is 5.32 Å². The van der Waals surface area contributed by atoms with Crippen LogP contribution in [0, 0.1) is 0 Å². The number of aryl methyl sites for hydroxylation is 1. The molecule has 0 saturated heterocycles. The summed E-state index contributed by atoms with van der Waals surface area (Å²) >= 11 is 1.68. The maximum atomic E-state index is 12.7. The molecule has 0 aliphatic carbocycles. The van der Waals surface area contributed by atoms with Gasteiger partial charge in [0.05, 0.1) is 5.25 Å². The van der Waals surface area contributed by atoms with E-state index in [1.54, 1.807) is 11.8 Å². The van der Waals surface area contributed by atoms with Crippen LogP contribution in [0.4, 0.5) is 0 Å². The van der Waals surface area contributed by atoms with Crippen LogP contribution >= 0.6 is 11.8 Å². The Kier molecular flexibility index (Phi) is 4.08. The summed E-state index contributed by atoms with van der Waals surface area (Å²) in [4.78, 5) is 13.9. The topological polar surface area (TPSA) is 59.8 Å². The molecule has 1 amide bonds. The van der Waals surface area contributed by atoms with Crippen molar-refractivity contribution in [1.29, 1.82) is 0 Å². The highest BCUT2D eigenvalue weighted by Gasteiger charge is 2.31. The summed E-state index contributed by atoms with van der Waals surface area (Å²) in [5, 5.41) is 11.9. The molecule has 2 aliphatic rings. The van der Waals surface area contributed by atoms with Gasteiger partial charge in [0, 0.05) is 29.8 Å². The fourth-order valence-electron chi connectivity index (χ4n) is 3.52. The molecule has 2 atom stereocenters. The summed E-state index contributed by atoms with van der Waals surface area (Å²) in [5.41, 5.74) is 1.29. The first kappa shape index (κ1) is 15.7. The fraction of sp³-hybridized carbons (Fsp3) is 0.500. The van der Waals surface area contributed by atoms with E-state index in [9.17, 15) is 4.79 Å². The van der Waals surface area contributed by atoms with Crippen molar-refractivity contribution in [2.24, 2.45) is 0 Å². The van der Waals surface area contributed by atoms with Gasteiger partial charge in [0.1, 0.15) is 11.6 Å². The van der Waals surface area contributed by atoms with E-state index in [2.05, 4.69) is 46.1 Å². The lowest BCUT2D eigenvalue weighted by molar-refractivity contribution is -0.121. The van der Waals surface area contributed by atoms with Gasteiger partial charge in [-0.25, -0.2) is 0 Å². The summed E-state index contributed by atoms with van der Waals surface area (Å²) < 4.78 is 2.19. The first-order valence-corrected chi connectivity index (χ1v) is 9.46. The normalized spacial score (nSPS) is 22.3. The van der Waals surface area contributed by atoms with Crippen molar-refractivity contribution in [1.82, 2.24) is 20.1 Å². The number of carbonyl (C=O) groups is 1. The lowest BCUT2D eigenvalue weighted by Crippen LogP contribution is -2.44. The number of aromatic nitrogens is 3. The van der Waals surface area contributed by atoms with Crippen molar-refractivity contribution >= 4 is 17.7 Å². The number of amides is 1. The SMILES string of the molecule is CC(C)c1nnc2n1C[C@@H](NC(=O)[C@@H]1Cc3ccccc3S1)CC2. The largest absolute Gasteiger partial charge is 0.351 e. The van der Waals surface area contributed by atoms with E-state index in [4.69, 9.17) is 0 Å². The van der Waals surface area contributed by atoms with Crippen LogP contribution in [-0.2, 0) is 24.2 Å². The molecule has 5 nitrogen and oxygen atoms in total. The second-order valence-electron chi connectivity index (χ2n) is 6.90. The van der Waals surface area contributed by atoms with Crippen LogP contribution in [0.25, 0.3) is 0 Å². The zero-order valence-electron chi connectivity index (χ0n) is 14.0. The lowest BCUT2D eigenvalue weighted by Gasteiger charge is -2.26. The van der Waals surface area contributed by atoms with Crippen molar-refractivity contribution in [3.05, 3.63) is 41.5 Å². The van der Waals surface area contributed by atoms with Crippen LogP contribution in [0.2, 0.25) is 0 Å². The Morgan fingerprint density at radius 1 is 1.33 bits per heavy atom. The lowest BCUT2D eigenvalue weighted by atomic mass is 10.0. The van der Waals surface area contributed by atoms with E-state index in [-0.39, 0.29) is 17.2 Å². The van der Waals surface area contributed by atoms with Gasteiger partial charge in [0.2, 0.25) is 5.91 Å². The Balaban J connectivity index is 1.42. The smallest absolute Gasteiger partial charge is 0.234 e. The van der Waals surface area contributed by atoms with Crippen LogP contribution in [0.1, 0.15) is 43.4 Å². The van der Waals surface area contributed by atoms with Gasteiger partial charge < -0.3 is 9.88 Å². The zero-order chi connectivity index (χ0) is 16.7. The van der Waals surface area contributed by atoms with E-state index in [1.165, 1.54) is 10.5 Å².